The van der Waals surface area contributed by atoms with Crippen LogP contribution in [0.15, 0.2) is 134 Å². The Morgan fingerprint density at radius 1 is 0.533 bits per heavy atom. The highest BCUT2D eigenvalue weighted by Gasteiger charge is 2.21. The van der Waals surface area contributed by atoms with Crippen LogP contribution in [0.4, 0.5) is 0 Å². The van der Waals surface area contributed by atoms with Crippen LogP contribution in [0.25, 0.3) is 0 Å². The summed E-state index contributed by atoms with van der Waals surface area (Å²) in [5.74, 6) is -0.969. The molecule has 0 heterocycles. The largest absolute Gasteiger partial charge is 0.756 e. The van der Waals surface area contributed by atoms with Crippen LogP contribution in [0.3, 0.4) is 0 Å². The Hall–Kier alpha value is -3.85. The molecule has 0 aliphatic rings. The highest BCUT2D eigenvalue weighted by molar-refractivity contribution is 7.45. The molecule has 0 aliphatic heterocycles. The third-order valence-corrected chi connectivity index (χ3v) is 9.22. The van der Waals surface area contributed by atoms with Crippen LogP contribution in [0.1, 0.15) is 117 Å². The summed E-state index contributed by atoms with van der Waals surface area (Å²) in [7, 11) is 1.08. The minimum absolute atomic E-state index is 0.0568. The number of nitrogens with zero attached hydrogens (tertiary/aromatic N) is 1. The lowest BCUT2D eigenvalue weighted by Gasteiger charge is -2.28. The Morgan fingerprint density at radius 3 is 1.53 bits per heavy atom. The molecule has 2 atom stereocenters. The quantitative estimate of drug-likeness (QED) is 0.0152. The zero-order chi connectivity index (χ0) is 44.3. The molecule has 0 saturated heterocycles. The molecule has 0 aromatic rings. The molecule has 9 nitrogen and oxygen atoms in total. The van der Waals surface area contributed by atoms with Gasteiger partial charge in [0, 0.05) is 12.8 Å². The SMILES string of the molecule is CC/C=C/C=C/C=C/C=C/CCCCCC(=O)OC(COC(=O)CCC/C=C/C/C=C/C/C=C/C/C=C/C/C=C/C/C=C/C/C=C/CC)COP(=O)([O-])OCC[N+](C)(C)C. The van der Waals surface area contributed by atoms with Gasteiger partial charge in [0.05, 0.1) is 27.7 Å². The highest BCUT2D eigenvalue weighted by Crippen LogP contribution is 2.38. The summed E-state index contributed by atoms with van der Waals surface area (Å²) in [4.78, 5) is 37.5. The Kier molecular flexibility index (Phi) is 37.9. The number of hydrogen-bond donors (Lipinski definition) is 0. The smallest absolute Gasteiger partial charge is 0.306 e. The van der Waals surface area contributed by atoms with Crippen molar-refractivity contribution in [3.8, 4) is 0 Å². The molecule has 0 aromatic heterocycles. The van der Waals surface area contributed by atoms with Gasteiger partial charge in [0.2, 0.25) is 0 Å². The van der Waals surface area contributed by atoms with Crippen molar-refractivity contribution in [2.75, 3.05) is 47.5 Å². The number of likely N-dealkylation sites (N-methyl/N-ethyl adjacent to an activating group) is 1. The lowest BCUT2D eigenvalue weighted by Crippen LogP contribution is -2.37. The number of phosphoric ester groups is 1. The fourth-order valence-electron chi connectivity index (χ4n) is 4.89. The van der Waals surface area contributed by atoms with Crippen LogP contribution >= 0.6 is 7.82 Å². The molecule has 10 heteroatoms. The molecule has 0 spiro atoms. The Morgan fingerprint density at radius 2 is 1.00 bits per heavy atom. The highest BCUT2D eigenvalue weighted by atomic mass is 31.2. The van der Waals surface area contributed by atoms with Crippen molar-refractivity contribution in [2.45, 2.75) is 123 Å². The maximum absolute atomic E-state index is 12.6. The van der Waals surface area contributed by atoms with E-state index < -0.39 is 32.5 Å². The predicted octanol–water partition coefficient (Wildman–Crippen LogP) is 12.0. The number of carbonyl (C=O) groups is 2. The molecule has 0 radical (unpaired) electrons. The van der Waals surface area contributed by atoms with E-state index in [0.717, 1.165) is 70.6 Å². The molecule has 0 bridgehead atoms. The van der Waals surface area contributed by atoms with Crippen molar-refractivity contribution in [1.29, 1.82) is 0 Å². The molecule has 2 unspecified atom stereocenters. The van der Waals surface area contributed by atoms with Crippen molar-refractivity contribution >= 4 is 19.8 Å². The van der Waals surface area contributed by atoms with Gasteiger partial charge in [-0.3, -0.25) is 14.2 Å². The topological polar surface area (TPSA) is 111 Å². The molecule has 0 saturated carbocycles. The van der Waals surface area contributed by atoms with Gasteiger partial charge in [-0.2, -0.15) is 0 Å². The first kappa shape index (κ1) is 56.1. The molecule has 336 valence electrons. The number of ether oxygens (including phenoxy) is 2. The predicted molar refractivity (Wildman–Crippen MR) is 249 cm³/mol. The number of unbranched alkanes of at least 4 members (excludes halogenated alkanes) is 4. The van der Waals surface area contributed by atoms with Crippen LogP contribution in [-0.4, -0.2) is 70.0 Å². The average Bonchev–Trinajstić information content (AvgIpc) is 3.20. The molecule has 0 aliphatic carbocycles. The van der Waals surface area contributed by atoms with Gasteiger partial charge in [0.1, 0.15) is 19.8 Å². The normalized spacial score (nSPS) is 14.8. The number of rotatable bonds is 37. The average molecular weight is 852 g/mol. The maximum Gasteiger partial charge on any atom is 0.306 e. The molecular formula is C50H78NO8P. The van der Waals surface area contributed by atoms with Crippen LogP contribution in [0.5, 0.6) is 0 Å². The standard InChI is InChI=1S/C50H78NO8P/c1-6-8-10-12-14-16-18-20-21-22-23-24-25-26-27-28-29-31-32-34-36-38-40-42-49(52)56-46-48(47-58-60(54,55)57-45-44-51(3,4)5)59-50(53)43-41-39-37-35-33-30-19-17-15-13-11-9-7-2/h8-11,13-17,19-21,23-24,26-27,29-31,33-34,36,48H,6-7,12,18,22,25,28,32,35,37-47H2,1-5H3/b10-8+,11-9+,15-13+,16-14+,19-17+,21-20+,24-23+,27-26+,31-29+,33-30+,36-34+. The molecule has 0 aromatic carbocycles. The van der Waals surface area contributed by atoms with Gasteiger partial charge in [-0.1, -0.05) is 154 Å². The van der Waals surface area contributed by atoms with Gasteiger partial charge in [-0.05, 0) is 83.5 Å². The summed E-state index contributed by atoms with van der Waals surface area (Å²) in [5.41, 5.74) is 0. The van der Waals surface area contributed by atoms with E-state index in [9.17, 15) is 19.0 Å². The third-order valence-electron chi connectivity index (χ3n) is 8.26. The van der Waals surface area contributed by atoms with E-state index in [2.05, 4.69) is 105 Å². The first-order chi connectivity index (χ1) is 29.0. The zero-order valence-electron chi connectivity index (χ0n) is 37.6. The summed E-state index contributed by atoms with van der Waals surface area (Å²) in [6.07, 6.45) is 57.8. The molecule has 0 N–H and O–H groups in total. The number of phosphoric acid groups is 1. The summed E-state index contributed by atoms with van der Waals surface area (Å²) in [6.45, 7) is 3.81. The summed E-state index contributed by atoms with van der Waals surface area (Å²) >= 11 is 0. The van der Waals surface area contributed by atoms with Gasteiger partial charge in [0.15, 0.2) is 6.10 Å². The number of allylic oxidation sites excluding steroid dienone is 22. The van der Waals surface area contributed by atoms with Crippen molar-refractivity contribution in [1.82, 2.24) is 0 Å². The second-order valence-electron chi connectivity index (χ2n) is 15.0. The zero-order valence-corrected chi connectivity index (χ0v) is 38.5. The van der Waals surface area contributed by atoms with Crippen LogP contribution in [-0.2, 0) is 32.7 Å². The minimum Gasteiger partial charge on any atom is -0.756 e. The van der Waals surface area contributed by atoms with Gasteiger partial charge >= 0.3 is 11.9 Å². The second kappa shape index (κ2) is 40.6. The van der Waals surface area contributed by atoms with E-state index in [-0.39, 0.29) is 26.1 Å². The molecule has 60 heavy (non-hydrogen) atoms. The molecular weight excluding hydrogens is 774 g/mol. The summed E-state index contributed by atoms with van der Waals surface area (Å²) in [5, 5.41) is 0. The Labute approximate surface area is 364 Å². The van der Waals surface area contributed by atoms with Gasteiger partial charge in [0.25, 0.3) is 7.82 Å². The Bertz CT molecular complexity index is 1470. The van der Waals surface area contributed by atoms with Crippen molar-refractivity contribution in [2.24, 2.45) is 0 Å². The lowest BCUT2D eigenvalue weighted by molar-refractivity contribution is -0.870. The van der Waals surface area contributed by atoms with Crippen LogP contribution in [0.2, 0.25) is 0 Å². The van der Waals surface area contributed by atoms with E-state index in [1.165, 1.54) is 0 Å². The minimum atomic E-state index is -4.66. The molecule has 0 fully saturated rings. The van der Waals surface area contributed by atoms with E-state index in [1.54, 1.807) is 0 Å². The van der Waals surface area contributed by atoms with Crippen LogP contribution < -0.4 is 4.89 Å². The second-order valence-corrected chi connectivity index (χ2v) is 16.4. The number of quaternary nitrogens is 1. The van der Waals surface area contributed by atoms with Crippen molar-refractivity contribution in [3.05, 3.63) is 134 Å². The fourth-order valence-corrected chi connectivity index (χ4v) is 5.62. The van der Waals surface area contributed by atoms with E-state index in [4.69, 9.17) is 18.5 Å². The van der Waals surface area contributed by atoms with Crippen molar-refractivity contribution < 1.29 is 42.1 Å². The molecule has 0 amide bonds. The van der Waals surface area contributed by atoms with E-state index in [0.29, 0.717) is 30.3 Å². The first-order valence-corrected chi connectivity index (χ1v) is 23.4. The lowest BCUT2D eigenvalue weighted by atomic mass is 10.1. The monoisotopic (exact) mass is 852 g/mol. The third kappa shape index (κ3) is 43.7. The first-order valence-electron chi connectivity index (χ1n) is 21.9. The summed E-state index contributed by atoms with van der Waals surface area (Å²) < 4.78 is 33.7. The van der Waals surface area contributed by atoms with E-state index in [1.807, 2.05) is 63.7 Å². The maximum atomic E-state index is 12.6. The number of esters is 2. The fraction of sp³-hybridized carbons (Fsp3) is 0.520. The summed E-state index contributed by atoms with van der Waals surface area (Å²) in [6, 6.07) is 0. The van der Waals surface area contributed by atoms with Gasteiger partial charge in [-0.15, -0.1) is 0 Å². The van der Waals surface area contributed by atoms with Crippen LogP contribution in [0, 0.1) is 0 Å². The van der Waals surface area contributed by atoms with Gasteiger partial charge < -0.3 is 27.9 Å². The van der Waals surface area contributed by atoms with Crippen molar-refractivity contribution in [3.63, 3.8) is 0 Å². The van der Waals surface area contributed by atoms with Gasteiger partial charge in [-0.25, -0.2) is 0 Å². The Balaban J connectivity index is 4.51. The number of hydrogen-bond acceptors (Lipinski definition) is 8. The number of carbonyl (C=O) groups excluding carboxylic acids is 2. The van der Waals surface area contributed by atoms with E-state index >= 15 is 0 Å². The molecule has 0 rings (SSSR count).